The van der Waals surface area contributed by atoms with Crippen LogP contribution in [0.25, 0.3) is 32.7 Å². The highest BCUT2D eigenvalue weighted by Gasteiger charge is 2.42. The fraction of sp³-hybridized carbons (Fsp3) is 0.457. The lowest BCUT2D eigenvalue weighted by atomic mass is 9.97. The van der Waals surface area contributed by atoms with Crippen LogP contribution < -0.4 is 69.5 Å². The number of aromatic amines is 3. The van der Waals surface area contributed by atoms with Gasteiger partial charge in [-0.05, 0) is 110 Å². The number of carbonyl (C=O) groups excluding carboxylic acids is 13. The van der Waals surface area contributed by atoms with E-state index in [0.717, 1.165) is 21.8 Å². The molecule has 642 valence electrons. The number of likely N-dealkylation sites (tertiary alicyclic amines) is 1. The number of aromatic nitrogens is 3. The van der Waals surface area contributed by atoms with Crippen LogP contribution in [0.5, 0.6) is 5.75 Å². The summed E-state index contributed by atoms with van der Waals surface area (Å²) in [5.41, 5.74) is 10.3. The van der Waals surface area contributed by atoms with Gasteiger partial charge in [0.15, 0.2) is 0 Å². The number of aliphatic hydroxyl groups is 2. The molecule has 13 amide bonds. The summed E-state index contributed by atoms with van der Waals surface area (Å²) in [6, 6.07) is 9.00. The number of H-pyrrole nitrogens is 3. The lowest BCUT2D eigenvalue weighted by Gasteiger charge is -2.31. The lowest BCUT2D eigenvalue weighted by molar-refractivity contribution is -0.143. The average Bonchev–Trinajstić information content (AvgIpc) is 1.72. The number of rotatable bonds is 44. The number of nitrogens with zero attached hydrogens (tertiary/aromatic N) is 1. The fourth-order valence-electron chi connectivity index (χ4n) is 13.7. The number of hydrogen-bond donors (Lipinski definition) is 22. The molecule has 38 heteroatoms. The molecule has 0 radical (unpaired) electrons. The lowest BCUT2D eigenvalue weighted by Crippen LogP contribution is -2.62. The van der Waals surface area contributed by atoms with Gasteiger partial charge >= 0.3 is 5.97 Å². The number of nitrogens with two attached hydrogens (primary N) is 1. The van der Waals surface area contributed by atoms with Gasteiger partial charge in [-0.15, -0.1) is 0 Å². The van der Waals surface area contributed by atoms with Gasteiger partial charge in [0.25, 0.3) is 0 Å². The SMILES string of the molecule is CC[C@H](C)[C@H](NC(=O)[C@H](CS)NC(=O)[C@@H]1CCCN1C(=O)[C@@H](NC(=O)CNC(=O)[C@H](Cc1c[nH]c2ccccc12)NC(=O)[C@@H](NC(=O)[C@H](CCSC)NC(=O)[C@H](CS)NC(=O)[C@H](Cc1c[nH]c2ccccc12)NC(=O)[C@H](Cc1ccc(O)cc1)NC(=O)[C@H](C)N)[C@@H](C)O)C(C)C)C(=O)N[C@@H](CO)C(=O)N[C@@H](Cc1c[nH]c2ccccc12)C(=O)O. The second kappa shape index (κ2) is 44.6. The zero-order valence-corrected chi connectivity index (χ0v) is 69.5. The molecule has 1 aliphatic heterocycles. The number of amides is 13. The number of carboxylic acid groups (broad SMARTS) is 1. The molecule has 0 saturated carbocycles. The highest BCUT2D eigenvalue weighted by atomic mass is 32.2. The minimum Gasteiger partial charge on any atom is -0.508 e. The van der Waals surface area contributed by atoms with Gasteiger partial charge in [-0.2, -0.15) is 37.0 Å². The Kier molecular flexibility index (Phi) is 34.9. The van der Waals surface area contributed by atoms with Gasteiger partial charge in [0.05, 0.1) is 25.3 Å². The van der Waals surface area contributed by atoms with Crippen LogP contribution in [-0.2, 0) is 92.8 Å². The third-order valence-electron chi connectivity index (χ3n) is 20.7. The molecule has 0 aliphatic carbocycles. The van der Waals surface area contributed by atoms with Crippen molar-refractivity contribution in [3.05, 3.63) is 138 Å². The number of nitrogens with one attached hydrogen (secondary N) is 15. The van der Waals surface area contributed by atoms with Gasteiger partial charge in [0.2, 0.25) is 76.8 Å². The van der Waals surface area contributed by atoms with Crippen molar-refractivity contribution in [2.24, 2.45) is 17.6 Å². The molecule has 3 aromatic heterocycles. The molecule has 0 bridgehead atoms. The van der Waals surface area contributed by atoms with Crippen molar-refractivity contribution < 1.29 is 87.5 Å². The number of phenols is 1. The van der Waals surface area contributed by atoms with Crippen molar-refractivity contribution in [1.29, 1.82) is 0 Å². The maximum Gasteiger partial charge on any atom is 0.326 e. The molecule has 0 unspecified atom stereocenters. The third kappa shape index (κ3) is 25.7. The van der Waals surface area contributed by atoms with Crippen molar-refractivity contribution in [1.82, 2.24) is 83.7 Å². The van der Waals surface area contributed by atoms with E-state index in [2.05, 4.69) is 104 Å². The van der Waals surface area contributed by atoms with Crippen LogP contribution in [0, 0.1) is 11.8 Å². The minimum atomic E-state index is -1.81. The predicted molar refractivity (Wildman–Crippen MR) is 452 cm³/mol. The van der Waals surface area contributed by atoms with Crippen LogP contribution >= 0.6 is 37.0 Å². The van der Waals surface area contributed by atoms with E-state index >= 15 is 0 Å². The Bertz CT molecular complexity index is 4750. The van der Waals surface area contributed by atoms with E-state index < -0.39 is 192 Å². The highest BCUT2D eigenvalue weighted by molar-refractivity contribution is 7.98. The summed E-state index contributed by atoms with van der Waals surface area (Å²) in [6.07, 6.45) is 5.09. The molecule has 119 heavy (non-hydrogen) atoms. The number of aliphatic hydroxyl groups excluding tert-OH is 2. The number of fused-ring (bicyclic) bond motifs is 3. The number of benzene rings is 4. The molecule has 1 aliphatic rings. The molecule has 35 nitrogen and oxygen atoms in total. The molecular weight excluding hydrogens is 1600 g/mol. The van der Waals surface area contributed by atoms with Gasteiger partial charge in [0, 0.05) is 95.0 Å². The monoisotopic (exact) mass is 1700 g/mol. The van der Waals surface area contributed by atoms with E-state index in [1.807, 2.05) is 6.07 Å². The van der Waals surface area contributed by atoms with E-state index in [0.29, 0.717) is 46.0 Å². The normalized spacial score (nSPS) is 16.2. The summed E-state index contributed by atoms with van der Waals surface area (Å²) in [4.78, 5) is 207. The Labute approximate surface area is 701 Å². The zero-order chi connectivity index (χ0) is 86.9. The standard InChI is InChI=1S/C81H107N17O18S3/c1-8-42(4)67(78(112)92-61(38-99)74(108)91-60(81(115)116)33-48-36-85-55-21-14-11-18-52(48)55)96-76(110)63(40-118)94-77(111)64-22-15-28-98(64)80(114)66(41(2)3)95-65(102)37-86-70(104)58(31-46-34-83-53-19-12-9-16-50(46)53)90-79(113)68(44(6)100)97-71(105)56(27-29-119-7)87-75(109)62(39-117)93-73(107)59(32-47-35-84-54-20-13-10-17-51(47)54)89-72(106)57(88-69(103)43(5)82)30-45-23-25-49(101)26-24-45/h9-14,16-21,23-26,34-36,41-44,56-64,66-68,83-85,99-101,117-118H,8,15,22,27-33,37-40,82H2,1-7H3,(H,86,104)(H,87,109)(H,88,103)(H,89,106)(H,90,113)(H,91,108)(H,92,112)(H,93,107)(H,94,111)(H,95,102)(H,96,110)(H,97,105)(H,115,116)/t42-,43-,44+,56-,57-,58-,59-,60-,61-,62-,63-,64-,66-,67-,68-/m0/s1. The maximum absolute atomic E-state index is 14.6. The average molecular weight is 1700 g/mol. The molecule has 7 aromatic rings. The first-order valence-electron chi connectivity index (χ1n) is 39.1. The summed E-state index contributed by atoms with van der Waals surface area (Å²) in [6.45, 7) is 7.61. The van der Waals surface area contributed by atoms with Crippen molar-refractivity contribution in [3.63, 3.8) is 0 Å². The first kappa shape index (κ1) is 93.3. The van der Waals surface area contributed by atoms with E-state index in [-0.39, 0.29) is 68.1 Å². The Morgan fingerprint density at radius 1 is 0.513 bits per heavy atom. The fourth-order valence-corrected chi connectivity index (χ4v) is 14.6. The molecule has 8 rings (SSSR count). The summed E-state index contributed by atoms with van der Waals surface area (Å²) in [5.74, 6) is -14.3. The Hall–Kier alpha value is -11.2. The van der Waals surface area contributed by atoms with Crippen LogP contribution in [0.3, 0.4) is 0 Å². The maximum atomic E-state index is 14.6. The summed E-state index contributed by atoms with van der Waals surface area (Å²) in [5, 5.41) is 74.7. The van der Waals surface area contributed by atoms with E-state index in [9.17, 15) is 87.5 Å². The number of thioether (sulfide) groups is 1. The van der Waals surface area contributed by atoms with Crippen molar-refractivity contribution in [2.75, 3.05) is 43.2 Å². The van der Waals surface area contributed by atoms with Crippen LogP contribution in [-0.4, -0.2) is 251 Å². The van der Waals surface area contributed by atoms with Crippen molar-refractivity contribution in [3.8, 4) is 5.75 Å². The molecule has 15 atom stereocenters. The van der Waals surface area contributed by atoms with Crippen molar-refractivity contribution >= 4 is 152 Å². The van der Waals surface area contributed by atoms with Gasteiger partial charge in [0.1, 0.15) is 78.3 Å². The quantitative estimate of drug-likeness (QED) is 0.0217. The summed E-state index contributed by atoms with van der Waals surface area (Å²) < 4.78 is 0. The van der Waals surface area contributed by atoms with Crippen LogP contribution in [0.15, 0.2) is 116 Å². The molecule has 1 fully saturated rings. The Morgan fingerprint density at radius 3 is 1.45 bits per heavy atom. The van der Waals surface area contributed by atoms with Crippen LogP contribution in [0.1, 0.15) is 89.5 Å². The number of aromatic hydroxyl groups is 1. The second-order valence-corrected chi connectivity index (χ2v) is 31.5. The topological polar surface area (TPSA) is 541 Å². The molecule has 4 aromatic carbocycles. The number of hydrogen-bond acceptors (Lipinski definition) is 21. The van der Waals surface area contributed by atoms with E-state index in [1.165, 1.54) is 42.6 Å². The Morgan fingerprint density at radius 2 is 0.941 bits per heavy atom. The largest absolute Gasteiger partial charge is 0.508 e. The summed E-state index contributed by atoms with van der Waals surface area (Å²) in [7, 11) is 0. The minimum absolute atomic E-state index is 0.0406. The number of thiol groups is 2. The van der Waals surface area contributed by atoms with Crippen LogP contribution in [0.4, 0.5) is 0 Å². The number of para-hydroxylation sites is 3. The molecule has 0 spiro atoms. The van der Waals surface area contributed by atoms with Gasteiger partial charge < -0.3 is 110 Å². The van der Waals surface area contributed by atoms with Gasteiger partial charge in [-0.25, -0.2) is 4.79 Å². The number of aliphatic carboxylic acids is 1. The molecule has 1 saturated heterocycles. The van der Waals surface area contributed by atoms with E-state index in [1.54, 1.807) is 131 Å². The third-order valence-corrected chi connectivity index (χ3v) is 22.0. The summed E-state index contributed by atoms with van der Waals surface area (Å²) >= 11 is 10.0. The Balaban J connectivity index is 0.901. The molecule has 4 heterocycles. The van der Waals surface area contributed by atoms with Gasteiger partial charge in [-0.1, -0.05) is 101 Å². The zero-order valence-electron chi connectivity index (χ0n) is 66.9. The smallest absolute Gasteiger partial charge is 0.326 e. The first-order valence-corrected chi connectivity index (χ1v) is 41.8. The van der Waals surface area contributed by atoms with Crippen molar-refractivity contribution in [2.45, 2.75) is 178 Å². The first-order chi connectivity index (χ1) is 56.8. The number of carboxylic acids is 1. The molecular formula is C81H107N17O18S3. The predicted octanol–water partition coefficient (Wildman–Crippen LogP) is -0.334. The van der Waals surface area contributed by atoms with E-state index in [4.69, 9.17) is 5.73 Å². The number of phenolic OH excluding ortho intramolecular Hbond substituents is 1. The number of carbonyl (C=O) groups is 14. The highest BCUT2D eigenvalue weighted by Crippen LogP contribution is 2.25. The van der Waals surface area contributed by atoms with Crippen LogP contribution in [0.2, 0.25) is 0 Å². The van der Waals surface area contributed by atoms with Gasteiger partial charge in [-0.3, -0.25) is 62.3 Å². The molecule has 21 N–H and O–H groups in total. The second-order valence-electron chi connectivity index (χ2n) is 29.8.